The minimum atomic E-state index is 0.0376. The number of rotatable bonds is 25. The molecule has 186 valence electrons. The van der Waals surface area contributed by atoms with Crippen molar-refractivity contribution in [3.8, 4) is 0 Å². The molecule has 0 heterocycles. The van der Waals surface area contributed by atoms with E-state index in [0.29, 0.717) is 18.9 Å². The highest BCUT2D eigenvalue weighted by Gasteiger charge is 2.12. The Labute approximate surface area is 196 Å². The van der Waals surface area contributed by atoms with Gasteiger partial charge in [0.1, 0.15) is 0 Å². The van der Waals surface area contributed by atoms with Crippen LogP contribution in [0.25, 0.3) is 0 Å². The van der Waals surface area contributed by atoms with Crippen molar-refractivity contribution in [2.24, 2.45) is 5.92 Å². The van der Waals surface area contributed by atoms with Gasteiger partial charge in [-0.1, -0.05) is 143 Å². The van der Waals surface area contributed by atoms with Crippen molar-refractivity contribution in [3.05, 3.63) is 0 Å². The molecule has 1 atom stereocenters. The fourth-order valence-corrected chi connectivity index (χ4v) is 4.42. The summed E-state index contributed by atoms with van der Waals surface area (Å²) < 4.78 is 5.69. The van der Waals surface area contributed by atoms with Crippen LogP contribution in [0.2, 0.25) is 0 Å². The van der Waals surface area contributed by atoms with E-state index in [1.807, 2.05) is 0 Å². The SMILES string of the molecule is CCCCCCCCCCCCC(CCCCCCC)COC(=O)CCCCCCC. The Kier molecular flexibility index (Phi) is 25.3. The average molecular weight is 439 g/mol. The van der Waals surface area contributed by atoms with Crippen LogP contribution in [-0.2, 0) is 9.53 Å². The Morgan fingerprint density at radius 2 is 0.871 bits per heavy atom. The van der Waals surface area contributed by atoms with Crippen LogP contribution in [0.3, 0.4) is 0 Å². The van der Waals surface area contributed by atoms with Crippen molar-refractivity contribution in [1.29, 1.82) is 0 Å². The van der Waals surface area contributed by atoms with Crippen LogP contribution >= 0.6 is 0 Å². The van der Waals surface area contributed by atoms with Gasteiger partial charge in [-0.05, 0) is 25.2 Å². The maximum Gasteiger partial charge on any atom is 0.305 e. The first-order chi connectivity index (χ1) is 15.2. The van der Waals surface area contributed by atoms with Gasteiger partial charge in [-0.15, -0.1) is 0 Å². The smallest absolute Gasteiger partial charge is 0.305 e. The zero-order valence-corrected chi connectivity index (χ0v) is 21.9. The van der Waals surface area contributed by atoms with Crippen LogP contribution < -0.4 is 0 Å². The van der Waals surface area contributed by atoms with E-state index < -0.39 is 0 Å². The van der Waals surface area contributed by atoms with E-state index in [2.05, 4.69) is 20.8 Å². The quantitative estimate of drug-likeness (QED) is 0.105. The van der Waals surface area contributed by atoms with Gasteiger partial charge in [-0.3, -0.25) is 4.79 Å². The fraction of sp³-hybridized carbons (Fsp3) is 0.966. The minimum Gasteiger partial charge on any atom is -0.465 e. The lowest BCUT2D eigenvalue weighted by Gasteiger charge is -2.17. The molecule has 0 N–H and O–H groups in total. The molecule has 0 aliphatic heterocycles. The molecule has 0 bridgehead atoms. The molecule has 0 aromatic heterocycles. The van der Waals surface area contributed by atoms with Gasteiger partial charge in [-0.25, -0.2) is 0 Å². The summed E-state index contributed by atoms with van der Waals surface area (Å²) in [5.41, 5.74) is 0. The van der Waals surface area contributed by atoms with Gasteiger partial charge in [0.25, 0.3) is 0 Å². The Morgan fingerprint density at radius 1 is 0.516 bits per heavy atom. The third kappa shape index (κ3) is 24.0. The molecule has 0 fully saturated rings. The number of carbonyl (C=O) groups is 1. The van der Waals surface area contributed by atoms with E-state index in [1.54, 1.807) is 0 Å². The third-order valence-corrected chi connectivity index (χ3v) is 6.65. The summed E-state index contributed by atoms with van der Waals surface area (Å²) >= 11 is 0. The van der Waals surface area contributed by atoms with E-state index in [0.717, 1.165) is 6.42 Å². The predicted molar refractivity (Wildman–Crippen MR) is 138 cm³/mol. The summed E-state index contributed by atoms with van der Waals surface area (Å²) in [6, 6.07) is 0. The molecule has 0 aromatic carbocycles. The molecule has 0 amide bonds. The summed E-state index contributed by atoms with van der Waals surface area (Å²) in [5.74, 6) is 0.621. The molecule has 2 heteroatoms. The van der Waals surface area contributed by atoms with Crippen molar-refractivity contribution >= 4 is 5.97 Å². The van der Waals surface area contributed by atoms with E-state index in [4.69, 9.17) is 4.74 Å². The van der Waals surface area contributed by atoms with E-state index in [-0.39, 0.29) is 5.97 Å². The van der Waals surface area contributed by atoms with E-state index >= 15 is 0 Å². The van der Waals surface area contributed by atoms with Crippen LogP contribution in [0.5, 0.6) is 0 Å². The molecule has 31 heavy (non-hydrogen) atoms. The predicted octanol–water partition coefficient (Wildman–Crippen LogP) is 10.2. The first kappa shape index (κ1) is 30.5. The highest BCUT2D eigenvalue weighted by Crippen LogP contribution is 2.20. The lowest BCUT2D eigenvalue weighted by Crippen LogP contribution is -2.14. The summed E-state index contributed by atoms with van der Waals surface area (Å²) in [4.78, 5) is 12.1. The summed E-state index contributed by atoms with van der Waals surface area (Å²) in [7, 11) is 0. The molecule has 0 spiro atoms. The van der Waals surface area contributed by atoms with E-state index in [1.165, 1.54) is 135 Å². The summed E-state index contributed by atoms with van der Waals surface area (Å²) in [6.45, 7) is 7.45. The molecular weight excluding hydrogens is 380 g/mol. The second-order valence-corrected chi connectivity index (χ2v) is 9.89. The number of esters is 1. The Bertz CT molecular complexity index is 353. The van der Waals surface area contributed by atoms with Gasteiger partial charge < -0.3 is 4.74 Å². The minimum absolute atomic E-state index is 0.0376. The van der Waals surface area contributed by atoms with Crippen LogP contribution in [0.4, 0.5) is 0 Å². The van der Waals surface area contributed by atoms with Gasteiger partial charge in [0, 0.05) is 6.42 Å². The lowest BCUT2D eigenvalue weighted by atomic mass is 9.94. The highest BCUT2D eigenvalue weighted by atomic mass is 16.5. The van der Waals surface area contributed by atoms with Crippen molar-refractivity contribution < 1.29 is 9.53 Å². The van der Waals surface area contributed by atoms with Crippen LogP contribution in [0.15, 0.2) is 0 Å². The number of unbranched alkanes of at least 4 members (excludes halogenated alkanes) is 17. The molecule has 2 nitrogen and oxygen atoms in total. The zero-order valence-electron chi connectivity index (χ0n) is 21.9. The molecule has 0 rings (SSSR count). The van der Waals surface area contributed by atoms with Gasteiger partial charge in [-0.2, -0.15) is 0 Å². The second kappa shape index (κ2) is 25.7. The maximum atomic E-state index is 12.1. The van der Waals surface area contributed by atoms with Crippen molar-refractivity contribution in [2.75, 3.05) is 6.61 Å². The molecule has 0 saturated heterocycles. The first-order valence-corrected chi connectivity index (χ1v) is 14.4. The van der Waals surface area contributed by atoms with E-state index in [9.17, 15) is 4.79 Å². The van der Waals surface area contributed by atoms with Gasteiger partial charge in [0.15, 0.2) is 0 Å². The Morgan fingerprint density at radius 3 is 1.29 bits per heavy atom. The lowest BCUT2D eigenvalue weighted by molar-refractivity contribution is -0.145. The Balaban J connectivity index is 3.91. The number of carbonyl (C=O) groups excluding carboxylic acids is 1. The Hall–Kier alpha value is -0.530. The average Bonchev–Trinajstić information content (AvgIpc) is 2.77. The largest absolute Gasteiger partial charge is 0.465 e. The summed E-state index contributed by atoms with van der Waals surface area (Å²) in [5, 5.41) is 0. The van der Waals surface area contributed by atoms with Gasteiger partial charge >= 0.3 is 5.97 Å². The normalized spacial score (nSPS) is 12.2. The van der Waals surface area contributed by atoms with Crippen LogP contribution in [0, 0.1) is 5.92 Å². The fourth-order valence-electron chi connectivity index (χ4n) is 4.42. The molecule has 0 saturated carbocycles. The van der Waals surface area contributed by atoms with Crippen LogP contribution in [-0.4, -0.2) is 12.6 Å². The van der Waals surface area contributed by atoms with Crippen molar-refractivity contribution in [3.63, 3.8) is 0 Å². The summed E-state index contributed by atoms with van der Waals surface area (Å²) in [6.07, 6.45) is 29.6. The molecule has 0 aliphatic carbocycles. The monoisotopic (exact) mass is 438 g/mol. The molecule has 0 aliphatic rings. The zero-order chi connectivity index (χ0) is 22.8. The standard InChI is InChI=1S/C29H58O2/c1-4-7-10-13-14-15-16-17-20-22-25-28(24-21-18-11-8-5-2)27-31-29(30)26-23-19-12-9-6-3/h28H,4-27H2,1-3H3. The number of hydrogen-bond donors (Lipinski definition) is 0. The van der Waals surface area contributed by atoms with Gasteiger partial charge in [0.05, 0.1) is 6.61 Å². The third-order valence-electron chi connectivity index (χ3n) is 6.65. The van der Waals surface area contributed by atoms with Crippen LogP contribution in [0.1, 0.15) is 168 Å². The van der Waals surface area contributed by atoms with Crippen molar-refractivity contribution in [2.45, 2.75) is 168 Å². The maximum absolute atomic E-state index is 12.1. The topological polar surface area (TPSA) is 26.3 Å². The molecule has 1 unspecified atom stereocenters. The number of ether oxygens (including phenoxy) is 1. The second-order valence-electron chi connectivity index (χ2n) is 9.89. The first-order valence-electron chi connectivity index (χ1n) is 14.4. The highest BCUT2D eigenvalue weighted by molar-refractivity contribution is 5.69. The van der Waals surface area contributed by atoms with Gasteiger partial charge in [0.2, 0.25) is 0 Å². The molecule has 0 aromatic rings. The van der Waals surface area contributed by atoms with Crippen molar-refractivity contribution in [1.82, 2.24) is 0 Å². The number of hydrogen-bond acceptors (Lipinski definition) is 2. The molecule has 0 radical (unpaired) electrons. The molecular formula is C29H58O2.